The Morgan fingerprint density at radius 1 is 0.630 bits per heavy atom. The summed E-state index contributed by atoms with van der Waals surface area (Å²) in [6.07, 6.45) is 10.2. The fourth-order valence-corrected chi connectivity index (χ4v) is 2.83. The van der Waals surface area contributed by atoms with E-state index in [2.05, 4.69) is 30.6 Å². The first kappa shape index (κ1) is 17.0. The average Bonchev–Trinajstić information content (AvgIpc) is 3.33. The van der Waals surface area contributed by atoms with Gasteiger partial charge in [0.15, 0.2) is 0 Å². The standard InChI is InChI=1S/C19H20N8/c1-3-10-20-16(6-1)12-26-14-18(22-24-26)8-5-9-19-15-27(25-23-19)13-17-7-2-4-11-21-17/h1-4,6-7,10-11,14-15H,5,8-9,12-13H2. The van der Waals surface area contributed by atoms with Crippen molar-refractivity contribution < 1.29 is 0 Å². The van der Waals surface area contributed by atoms with Crippen molar-refractivity contribution in [2.45, 2.75) is 32.4 Å². The normalized spacial score (nSPS) is 11.0. The van der Waals surface area contributed by atoms with E-state index in [1.165, 1.54) is 0 Å². The van der Waals surface area contributed by atoms with Crippen LogP contribution in [0.25, 0.3) is 0 Å². The van der Waals surface area contributed by atoms with E-state index in [9.17, 15) is 0 Å². The zero-order valence-corrected chi connectivity index (χ0v) is 14.9. The molecule has 0 amide bonds. The molecule has 27 heavy (non-hydrogen) atoms. The van der Waals surface area contributed by atoms with E-state index in [0.717, 1.165) is 42.0 Å². The Labute approximate surface area is 156 Å². The van der Waals surface area contributed by atoms with Gasteiger partial charge < -0.3 is 0 Å². The van der Waals surface area contributed by atoms with E-state index in [0.29, 0.717) is 13.1 Å². The molecule has 4 aromatic heterocycles. The van der Waals surface area contributed by atoms with Crippen molar-refractivity contribution in [2.24, 2.45) is 0 Å². The summed E-state index contributed by atoms with van der Waals surface area (Å²) in [6.45, 7) is 1.27. The zero-order valence-electron chi connectivity index (χ0n) is 14.9. The Kier molecular flexibility index (Phi) is 5.24. The summed E-state index contributed by atoms with van der Waals surface area (Å²) in [4.78, 5) is 8.61. The average molecular weight is 360 g/mol. The molecule has 0 bridgehead atoms. The first-order valence-electron chi connectivity index (χ1n) is 8.93. The fourth-order valence-electron chi connectivity index (χ4n) is 2.83. The highest BCUT2D eigenvalue weighted by molar-refractivity contribution is 5.06. The molecule has 0 N–H and O–H groups in total. The highest BCUT2D eigenvalue weighted by Gasteiger charge is 2.05. The van der Waals surface area contributed by atoms with Gasteiger partial charge in [0.25, 0.3) is 0 Å². The van der Waals surface area contributed by atoms with Crippen molar-refractivity contribution in [1.29, 1.82) is 0 Å². The van der Waals surface area contributed by atoms with Gasteiger partial charge in [0.1, 0.15) is 0 Å². The molecular formula is C19H20N8. The molecule has 0 saturated heterocycles. The summed E-state index contributed by atoms with van der Waals surface area (Å²) in [5.74, 6) is 0. The summed E-state index contributed by atoms with van der Waals surface area (Å²) in [5, 5.41) is 16.8. The molecule has 0 atom stereocenters. The molecule has 4 aromatic rings. The molecule has 0 spiro atoms. The van der Waals surface area contributed by atoms with Crippen LogP contribution in [0.1, 0.15) is 29.2 Å². The molecule has 8 heteroatoms. The highest BCUT2D eigenvalue weighted by atomic mass is 15.4. The van der Waals surface area contributed by atoms with E-state index in [-0.39, 0.29) is 0 Å². The van der Waals surface area contributed by atoms with Gasteiger partial charge in [-0.1, -0.05) is 22.6 Å². The van der Waals surface area contributed by atoms with Gasteiger partial charge in [0.2, 0.25) is 0 Å². The van der Waals surface area contributed by atoms with Crippen molar-refractivity contribution in [3.63, 3.8) is 0 Å². The monoisotopic (exact) mass is 360 g/mol. The second kappa shape index (κ2) is 8.31. The molecule has 4 rings (SSSR count). The molecule has 136 valence electrons. The van der Waals surface area contributed by atoms with Crippen LogP contribution in [0.15, 0.2) is 61.2 Å². The van der Waals surface area contributed by atoms with Gasteiger partial charge in [-0.3, -0.25) is 9.97 Å². The van der Waals surface area contributed by atoms with E-state index in [1.54, 1.807) is 12.4 Å². The van der Waals surface area contributed by atoms with Crippen molar-refractivity contribution >= 4 is 0 Å². The lowest BCUT2D eigenvalue weighted by atomic mass is 10.2. The fraction of sp³-hybridized carbons (Fsp3) is 0.263. The lowest BCUT2D eigenvalue weighted by molar-refractivity contribution is 0.637. The number of nitrogens with zero attached hydrogens (tertiary/aromatic N) is 8. The van der Waals surface area contributed by atoms with Crippen LogP contribution in [-0.2, 0) is 25.9 Å². The van der Waals surface area contributed by atoms with Crippen LogP contribution >= 0.6 is 0 Å². The molecule has 0 unspecified atom stereocenters. The van der Waals surface area contributed by atoms with Crippen molar-refractivity contribution in [1.82, 2.24) is 40.0 Å². The SMILES string of the molecule is c1ccc(Cn2cc(CCCc3cn(Cc4ccccn4)nn3)nn2)nc1. The van der Waals surface area contributed by atoms with Crippen LogP contribution in [0.3, 0.4) is 0 Å². The Balaban J connectivity index is 1.25. The van der Waals surface area contributed by atoms with Gasteiger partial charge in [0, 0.05) is 24.8 Å². The lowest BCUT2D eigenvalue weighted by Crippen LogP contribution is -2.01. The zero-order chi connectivity index (χ0) is 18.3. The number of aryl methyl sites for hydroxylation is 2. The minimum absolute atomic E-state index is 0.635. The predicted molar refractivity (Wildman–Crippen MR) is 98.7 cm³/mol. The Morgan fingerprint density at radius 2 is 1.15 bits per heavy atom. The molecule has 0 aliphatic heterocycles. The number of hydrogen-bond donors (Lipinski definition) is 0. The van der Waals surface area contributed by atoms with Crippen LogP contribution in [0, 0.1) is 0 Å². The molecule has 0 aliphatic carbocycles. The minimum atomic E-state index is 0.635. The van der Waals surface area contributed by atoms with Crippen molar-refractivity contribution in [3.8, 4) is 0 Å². The molecule has 0 aliphatic rings. The van der Waals surface area contributed by atoms with Gasteiger partial charge in [-0.25, -0.2) is 9.36 Å². The summed E-state index contributed by atoms with van der Waals surface area (Å²) in [5.41, 5.74) is 3.90. The van der Waals surface area contributed by atoms with Crippen LogP contribution in [-0.4, -0.2) is 40.0 Å². The third kappa shape index (κ3) is 4.81. The second-order valence-corrected chi connectivity index (χ2v) is 6.31. The Bertz CT molecular complexity index is 882. The highest BCUT2D eigenvalue weighted by Crippen LogP contribution is 2.06. The maximum absolute atomic E-state index is 4.31. The van der Waals surface area contributed by atoms with Crippen LogP contribution in [0.5, 0.6) is 0 Å². The smallest absolute Gasteiger partial charge is 0.0849 e. The number of hydrogen-bond acceptors (Lipinski definition) is 6. The molecule has 4 heterocycles. The molecular weight excluding hydrogens is 340 g/mol. The summed E-state index contributed by atoms with van der Waals surface area (Å²) < 4.78 is 3.64. The van der Waals surface area contributed by atoms with Crippen molar-refractivity contribution in [3.05, 3.63) is 84.0 Å². The van der Waals surface area contributed by atoms with Gasteiger partial charge in [0.05, 0.1) is 35.9 Å². The first-order valence-corrected chi connectivity index (χ1v) is 8.93. The molecule has 8 nitrogen and oxygen atoms in total. The van der Waals surface area contributed by atoms with Crippen LogP contribution < -0.4 is 0 Å². The van der Waals surface area contributed by atoms with Gasteiger partial charge in [-0.15, -0.1) is 10.2 Å². The Morgan fingerprint density at radius 3 is 1.59 bits per heavy atom. The Hall–Kier alpha value is -3.42. The molecule has 0 fully saturated rings. The van der Waals surface area contributed by atoms with E-state index < -0.39 is 0 Å². The molecule has 0 radical (unpaired) electrons. The van der Waals surface area contributed by atoms with Gasteiger partial charge in [-0.2, -0.15) is 0 Å². The first-order chi connectivity index (χ1) is 13.3. The van der Waals surface area contributed by atoms with Gasteiger partial charge >= 0.3 is 0 Å². The van der Waals surface area contributed by atoms with Crippen LogP contribution in [0.2, 0.25) is 0 Å². The molecule has 0 aromatic carbocycles. The lowest BCUT2D eigenvalue weighted by Gasteiger charge is -1.99. The third-order valence-electron chi connectivity index (χ3n) is 4.14. The van der Waals surface area contributed by atoms with Crippen LogP contribution in [0.4, 0.5) is 0 Å². The third-order valence-corrected chi connectivity index (χ3v) is 4.14. The maximum atomic E-state index is 4.31. The predicted octanol–water partition coefficient (Wildman–Crippen LogP) is 1.93. The minimum Gasteiger partial charge on any atom is -0.259 e. The van der Waals surface area contributed by atoms with E-state index in [1.807, 2.05) is 58.2 Å². The summed E-state index contributed by atoms with van der Waals surface area (Å²) >= 11 is 0. The van der Waals surface area contributed by atoms with E-state index >= 15 is 0 Å². The second-order valence-electron chi connectivity index (χ2n) is 6.31. The van der Waals surface area contributed by atoms with E-state index in [4.69, 9.17) is 0 Å². The summed E-state index contributed by atoms with van der Waals surface area (Å²) in [7, 11) is 0. The largest absolute Gasteiger partial charge is 0.259 e. The topological polar surface area (TPSA) is 87.2 Å². The number of rotatable bonds is 8. The molecule has 0 saturated carbocycles. The number of aromatic nitrogens is 8. The quantitative estimate of drug-likeness (QED) is 0.477. The number of pyridine rings is 2. The van der Waals surface area contributed by atoms with Crippen molar-refractivity contribution in [2.75, 3.05) is 0 Å². The summed E-state index contributed by atoms with van der Waals surface area (Å²) in [6, 6.07) is 11.7. The van der Waals surface area contributed by atoms with Gasteiger partial charge in [-0.05, 0) is 43.5 Å². The maximum Gasteiger partial charge on any atom is 0.0849 e.